The molecule has 7 rings (SSSR count). The van der Waals surface area contributed by atoms with Gasteiger partial charge in [0.1, 0.15) is 5.82 Å². The molecule has 0 bridgehead atoms. The second kappa shape index (κ2) is 5.45. The highest BCUT2D eigenvalue weighted by molar-refractivity contribution is 6.14. The van der Waals surface area contributed by atoms with Crippen molar-refractivity contribution in [2.45, 2.75) is 0 Å². The Morgan fingerprint density at radius 1 is 0.600 bits per heavy atom. The zero-order valence-corrected chi connectivity index (χ0v) is 15.9. The molecule has 1 aliphatic rings. The first-order chi connectivity index (χ1) is 14.8. The molecule has 2 aromatic heterocycles. The summed E-state index contributed by atoms with van der Waals surface area (Å²) in [5.74, 6) is 0.710. The molecule has 4 aromatic carbocycles. The molecule has 6 aromatic rings. The van der Waals surface area contributed by atoms with Crippen molar-refractivity contribution in [3.63, 3.8) is 0 Å². The lowest BCUT2D eigenvalue weighted by atomic mass is 10.1. The second-order valence-corrected chi connectivity index (χ2v) is 7.66. The van der Waals surface area contributed by atoms with Crippen LogP contribution in [0.2, 0.25) is 0 Å². The van der Waals surface area contributed by atoms with E-state index in [0.29, 0.717) is 5.56 Å². The maximum atomic E-state index is 13.3. The third-order valence-corrected chi connectivity index (χ3v) is 6.08. The van der Waals surface area contributed by atoms with Crippen molar-refractivity contribution in [3.05, 3.63) is 96.6 Å². The highest BCUT2D eigenvalue weighted by Gasteiger charge is 2.30. The minimum absolute atomic E-state index is 0.0173. The SMILES string of the molecule is O=C1c2cc(-n3c4ccccc4c4ccccc43)ccc2-c2nc3ccccc3n21. The summed E-state index contributed by atoms with van der Waals surface area (Å²) in [5, 5.41) is 2.41. The Balaban J connectivity index is 1.51. The largest absolute Gasteiger partial charge is 0.309 e. The van der Waals surface area contributed by atoms with Crippen LogP contribution < -0.4 is 0 Å². The quantitative estimate of drug-likeness (QED) is 0.358. The highest BCUT2D eigenvalue weighted by atomic mass is 16.2. The molecule has 0 saturated carbocycles. The van der Waals surface area contributed by atoms with Crippen molar-refractivity contribution in [1.29, 1.82) is 0 Å². The van der Waals surface area contributed by atoms with Gasteiger partial charge in [-0.15, -0.1) is 0 Å². The summed E-state index contributed by atoms with van der Waals surface area (Å²) >= 11 is 0. The minimum Gasteiger partial charge on any atom is -0.309 e. The Morgan fingerprint density at radius 3 is 1.97 bits per heavy atom. The van der Waals surface area contributed by atoms with Crippen molar-refractivity contribution < 1.29 is 4.79 Å². The molecule has 1 aliphatic heterocycles. The molecule has 0 atom stereocenters. The van der Waals surface area contributed by atoms with Crippen molar-refractivity contribution in [3.8, 4) is 17.1 Å². The van der Waals surface area contributed by atoms with E-state index in [0.717, 1.165) is 39.1 Å². The summed E-state index contributed by atoms with van der Waals surface area (Å²) in [4.78, 5) is 18.0. The first kappa shape index (κ1) is 15.7. The molecule has 0 amide bonds. The van der Waals surface area contributed by atoms with Gasteiger partial charge in [0.2, 0.25) is 0 Å². The number of fused-ring (bicyclic) bond motifs is 8. The van der Waals surface area contributed by atoms with Crippen LogP contribution in [-0.2, 0) is 0 Å². The highest BCUT2D eigenvalue weighted by Crippen LogP contribution is 2.38. The first-order valence-corrected chi connectivity index (χ1v) is 9.96. The summed E-state index contributed by atoms with van der Waals surface area (Å²) in [7, 11) is 0. The molecule has 0 unspecified atom stereocenters. The second-order valence-electron chi connectivity index (χ2n) is 7.66. The van der Waals surface area contributed by atoms with E-state index in [9.17, 15) is 4.79 Å². The molecule has 0 aliphatic carbocycles. The summed E-state index contributed by atoms with van der Waals surface area (Å²) in [6.45, 7) is 0. The number of hydrogen-bond acceptors (Lipinski definition) is 2. The van der Waals surface area contributed by atoms with Crippen LogP contribution in [-0.4, -0.2) is 20.0 Å². The maximum Gasteiger partial charge on any atom is 0.264 e. The van der Waals surface area contributed by atoms with Crippen molar-refractivity contribution in [2.24, 2.45) is 0 Å². The number of hydrogen-bond donors (Lipinski definition) is 0. The fourth-order valence-corrected chi connectivity index (χ4v) is 4.78. The maximum absolute atomic E-state index is 13.3. The van der Waals surface area contributed by atoms with Crippen LogP contribution in [0.5, 0.6) is 0 Å². The smallest absolute Gasteiger partial charge is 0.264 e. The topological polar surface area (TPSA) is 39.8 Å². The molecule has 0 spiro atoms. The Labute approximate surface area is 171 Å². The van der Waals surface area contributed by atoms with Crippen molar-refractivity contribution in [1.82, 2.24) is 14.1 Å². The normalized spacial score (nSPS) is 12.7. The summed E-state index contributed by atoms with van der Waals surface area (Å²) in [6, 6.07) is 30.7. The number of aromatic nitrogens is 3. The van der Waals surface area contributed by atoms with Gasteiger partial charge in [-0.05, 0) is 42.5 Å². The Morgan fingerprint density at radius 2 is 1.23 bits per heavy atom. The number of carbonyl (C=O) groups is 1. The molecule has 0 saturated heterocycles. The molecule has 30 heavy (non-hydrogen) atoms. The molecule has 4 heteroatoms. The van der Waals surface area contributed by atoms with E-state index in [4.69, 9.17) is 4.98 Å². The molecule has 4 nitrogen and oxygen atoms in total. The standard InChI is InChI=1S/C26H15N3O/c30-26-20-15-16(13-14-19(20)25-27-21-9-3-6-12-24(21)29(25)26)28-22-10-4-1-7-17(22)18-8-2-5-11-23(18)28/h1-15H. The zero-order chi connectivity index (χ0) is 19.8. The summed E-state index contributed by atoms with van der Waals surface area (Å²) < 4.78 is 3.97. The molecule has 0 radical (unpaired) electrons. The van der Waals surface area contributed by atoms with Gasteiger partial charge in [-0.3, -0.25) is 9.36 Å². The average molecular weight is 385 g/mol. The third kappa shape index (κ3) is 1.85. The van der Waals surface area contributed by atoms with Gasteiger partial charge in [0.25, 0.3) is 5.91 Å². The van der Waals surface area contributed by atoms with Gasteiger partial charge in [0.15, 0.2) is 0 Å². The molecular formula is C26H15N3O. The van der Waals surface area contributed by atoms with Crippen LogP contribution >= 0.6 is 0 Å². The van der Waals surface area contributed by atoms with Gasteiger partial charge in [0.05, 0.1) is 27.6 Å². The Hall–Kier alpha value is -4.18. The monoisotopic (exact) mass is 385 g/mol. The van der Waals surface area contributed by atoms with Crippen molar-refractivity contribution in [2.75, 3.05) is 0 Å². The van der Waals surface area contributed by atoms with E-state index in [-0.39, 0.29) is 5.91 Å². The van der Waals surface area contributed by atoms with Gasteiger partial charge in [0, 0.05) is 22.0 Å². The van der Waals surface area contributed by atoms with Gasteiger partial charge in [-0.1, -0.05) is 48.5 Å². The van der Waals surface area contributed by atoms with Crippen LogP contribution in [0.1, 0.15) is 10.4 Å². The van der Waals surface area contributed by atoms with E-state index >= 15 is 0 Å². The lowest BCUT2D eigenvalue weighted by Gasteiger charge is -2.09. The number of rotatable bonds is 1. The fraction of sp³-hybridized carbons (Fsp3) is 0. The average Bonchev–Trinajstić information content (AvgIpc) is 3.42. The van der Waals surface area contributed by atoms with E-state index in [1.807, 2.05) is 36.4 Å². The summed E-state index contributed by atoms with van der Waals surface area (Å²) in [6.07, 6.45) is 0. The number of para-hydroxylation sites is 4. The third-order valence-electron chi connectivity index (χ3n) is 6.08. The number of benzene rings is 4. The van der Waals surface area contributed by atoms with E-state index in [1.165, 1.54) is 10.8 Å². The van der Waals surface area contributed by atoms with Gasteiger partial charge in [-0.25, -0.2) is 4.98 Å². The van der Waals surface area contributed by atoms with Gasteiger partial charge >= 0.3 is 0 Å². The predicted molar refractivity (Wildman–Crippen MR) is 119 cm³/mol. The molecular weight excluding hydrogens is 370 g/mol. The lowest BCUT2D eigenvalue weighted by molar-refractivity contribution is 0.0973. The Kier molecular flexibility index (Phi) is 2.86. The van der Waals surface area contributed by atoms with E-state index in [2.05, 4.69) is 59.2 Å². The summed E-state index contributed by atoms with van der Waals surface area (Å²) in [5.41, 5.74) is 6.53. The van der Waals surface area contributed by atoms with Crippen LogP contribution in [0.4, 0.5) is 0 Å². The number of carbonyl (C=O) groups excluding carboxylic acids is 1. The van der Waals surface area contributed by atoms with E-state index < -0.39 is 0 Å². The van der Waals surface area contributed by atoms with Crippen LogP contribution in [0.3, 0.4) is 0 Å². The van der Waals surface area contributed by atoms with Crippen LogP contribution in [0.15, 0.2) is 91.0 Å². The molecule has 140 valence electrons. The van der Waals surface area contributed by atoms with Crippen molar-refractivity contribution >= 4 is 38.7 Å². The first-order valence-electron chi connectivity index (χ1n) is 9.96. The lowest BCUT2D eigenvalue weighted by Crippen LogP contribution is -2.06. The number of nitrogens with zero attached hydrogens (tertiary/aromatic N) is 3. The van der Waals surface area contributed by atoms with Crippen LogP contribution in [0.25, 0.3) is 49.9 Å². The Bertz CT molecular complexity index is 1620. The minimum atomic E-state index is -0.0173. The molecule has 3 heterocycles. The zero-order valence-electron chi connectivity index (χ0n) is 15.9. The van der Waals surface area contributed by atoms with Gasteiger partial charge < -0.3 is 4.57 Å². The number of imidazole rings is 1. The molecule has 0 fully saturated rings. The van der Waals surface area contributed by atoms with Crippen LogP contribution in [0, 0.1) is 0 Å². The molecule has 0 N–H and O–H groups in total. The van der Waals surface area contributed by atoms with Gasteiger partial charge in [-0.2, -0.15) is 0 Å². The fourth-order valence-electron chi connectivity index (χ4n) is 4.78. The predicted octanol–water partition coefficient (Wildman–Crippen LogP) is 5.80. The van der Waals surface area contributed by atoms with E-state index in [1.54, 1.807) is 4.57 Å².